The summed E-state index contributed by atoms with van der Waals surface area (Å²) in [5.41, 5.74) is 0.777. The normalized spacial score (nSPS) is 21.0. The summed E-state index contributed by atoms with van der Waals surface area (Å²) in [7, 11) is 0. The van der Waals surface area contributed by atoms with Crippen molar-refractivity contribution in [3.05, 3.63) is 47.5 Å². The van der Waals surface area contributed by atoms with E-state index in [4.69, 9.17) is 18.9 Å². The Morgan fingerprint density at radius 1 is 0.862 bits per heavy atom. The second kappa shape index (κ2) is 7.40. The molecule has 0 spiro atoms. The van der Waals surface area contributed by atoms with Gasteiger partial charge in [0.1, 0.15) is 13.2 Å². The van der Waals surface area contributed by atoms with Gasteiger partial charge in [0, 0.05) is 19.6 Å². The lowest BCUT2D eigenvalue weighted by Crippen LogP contribution is -2.43. The second-order valence-electron chi connectivity index (χ2n) is 7.82. The van der Waals surface area contributed by atoms with Crippen molar-refractivity contribution in [3.63, 3.8) is 0 Å². The van der Waals surface area contributed by atoms with Crippen LogP contribution in [0.5, 0.6) is 23.0 Å². The standard InChI is InChI=1S/C22H25NO6/c24-17(15-1-3-18-20(11-15)27-10-9-26-18)13-23-7-5-22(25,6-8-23)16-2-4-19-21(12-16)29-14-28-19/h1-4,11-12,17,24-25H,5-10,13-14H2/t17-/m0/s1. The van der Waals surface area contributed by atoms with Crippen LogP contribution in [-0.2, 0) is 5.60 Å². The van der Waals surface area contributed by atoms with Crippen molar-refractivity contribution in [1.29, 1.82) is 0 Å². The van der Waals surface area contributed by atoms with Gasteiger partial charge in [0.05, 0.1) is 11.7 Å². The maximum absolute atomic E-state index is 11.2. The van der Waals surface area contributed by atoms with Crippen molar-refractivity contribution in [2.45, 2.75) is 24.5 Å². The SMILES string of the molecule is O[C@@H](CN1CCC(O)(c2ccc3c(c2)OCO3)CC1)c1ccc2c(c1)OCCO2. The summed E-state index contributed by atoms with van der Waals surface area (Å²) in [6.07, 6.45) is 0.573. The van der Waals surface area contributed by atoms with Crippen LogP contribution < -0.4 is 18.9 Å². The van der Waals surface area contributed by atoms with E-state index in [2.05, 4.69) is 4.90 Å². The van der Waals surface area contributed by atoms with Crippen LogP contribution in [0.2, 0.25) is 0 Å². The van der Waals surface area contributed by atoms with Crippen LogP contribution in [-0.4, -0.2) is 54.8 Å². The van der Waals surface area contributed by atoms with Crippen molar-refractivity contribution in [2.24, 2.45) is 0 Å². The highest BCUT2D eigenvalue weighted by Crippen LogP contribution is 2.40. The Kier molecular flexibility index (Phi) is 4.73. The van der Waals surface area contributed by atoms with Crippen LogP contribution in [0.15, 0.2) is 36.4 Å². The minimum Gasteiger partial charge on any atom is -0.486 e. The summed E-state index contributed by atoms with van der Waals surface area (Å²) in [4.78, 5) is 2.18. The maximum atomic E-state index is 11.2. The molecule has 7 nitrogen and oxygen atoms in total. The van der Waals surface area contributed by atoms with Crippen molar-refractivity contribution in [1.82, 2.24) is 4.90 Å². The molecule has 29 heavy (non-hydrogen) atoms. The summed E-state index contributed by atoms with van der Waals surface area (Å²) in [5, 5.41) is 21.9. The first-order chi connectivity index (χ1) is 14.1. The quantitative estimate of drug-likeness (QED) is 0.816. The smallest absolute Gasteiger partial charge is 0.231 e. The number of likely N-dealkylation sites (tertiary alicyclic amines) is 1. The number of aliphatic hydroxyl groups is 2. The number of rotatable bonds is 4. The number of hydrogen-bond acceptors (Lipinski definition) is 7. The molecule has 2 aromatic rings. The molecule has 0 unspecified atom stereocenters. The molecule has 2 N–H and O–H groups in total. The van der Waals surface area contributed by atoms with Gasteiger partial charge in [-0.2, -0.15) is 0 Å². The zero-order valence-corrected chi connectivity index (χ0v) is 16.2. The van der Waals surface area contributed by atoms with Crippen molar-refractivity contribution in [3.8, 4) is 23.0 Å². The van der Waals surface area contributed by atoms with Crippen LogP contribution in [0.25, 0.3) is 0 Å². The van der Waals surface area contributed by atoms with Gasteiger partial charge >= 0.3 is 0 Å². The Morgan fingerprint density at radius 2 is 1.52 bits per heavy atom. The lowest BCUT2D eigenvalue weighted by atomic mass is 9.84. The van der Waals surface area contributed by atoms with E-state index < -0.39 is 11.7 Å². The number of benzene rings is 2. The molecule has 0 bridgehead atoms. The average molecular weight is 399 g/mol. The van der Waals surface area contributed by atoms with Gasteiger partial charge in [-0.1, -0.05) is 12.1 Å². The molecule has 0 saturated carbocycles. The van der Waals surface area contributed by atoms with Gasteiger partial charge in [0.15, 0.2) is 23.0 Å². The Bertz CT molecular complexity index is 893. The van der Waals surface area contributed by atoms with Gasteiger partial charge in [0.25, 0.3) is 0 Å². The minimum atomic E-state index is -0.889. The van der Waals surface area contributed by atoms with Gasteiger partial charge < -0.3 is 34.1 Å². The highest BCUT2D eigenvalue weighted by Gasteiger charge is 2.35. The van der Waals surface area contributed by atoms with E-state index in [0.29, 0.717) is 57.2 Å². The molecule has 0 aliphatic carbocycles. The molecule has 5 rings (SSSR count). The molecule has 1 atom stereocenters. The van der Waals surface area contributed by atoms with Crippen LogP contribution >= 0.6 is 0 Å². The fourth-order valence-electron chi connectivity index (χ4n) is 4.20. The number of aliphatic hydroxyl groups excluding tert-OH is 1. The van der Waals surface area contributed by atoms with E-state index in [1.807, 2.05) is 36.4 Å². The highest BCUT2D eigenvalue weighted by molar-refractivity contribution is 5.46. The predicted molar refractivity (Wildman–Crippen MR) is 105 cm³/mol. The van der Waals surface area contributed by atoms with Crippen LogP contribution in [0, 0.1) is 0 Å². The molecule has 1 fully saturated rings. The first-order valence-electron chi connectivity index (χ1n) is 10.0. The zero-order valence-electron chi connectivity index (χ0n) is 16.2. The third-order valence-corrected chi connectivity index (χ3v) is 5.98. The van der Waals surface area contributed by atoms with Gasteiger partial charge in [-0.15, -0.1) is 0 Å². The first kappa shape index (κ1) is 18.5. The summed E-state index contributed by atoms with van der Waals surface area (Å²) in [6, 6.07) is 11.2. The number of hydrogen-bond donors (Lipinski definition) is 2. The number of β-amino-alcohol motifs (C(OH)–C–C–N with tert-alkyl or cyclic N) is 1. The minimum absolute atomic E-state index is 0.225. The number of fused-ring (bicyclic) bond motifs is 2. The Hall–Kier alpha value is -2.48. The zero-order chi connectivity index (χ0) is 19.8. The van der Waals surface area contributed by atoms with E-state index in [0.717, 1.165) is 22.6 Å². The molecule has 0 aromatic heterocycles. The van der Waals surface area contributed by atoms with Gasteiger partial charge in [0.2, 0.25) is 6.79 Å². The van der Waals surface area contributed by atoms with Crippen LogP contribution in [0.3, 0.4) is 0 Å². The van der Waals surface area contributed by atoms with Crippen molar-refractivity contribution < 1.29 is 29.2 Å². The van der Waals surface area contributed by atoms with E-state index in [1.165, 1.54) is 0 Å². The average Bonchev–Trinajstić information content (AvgIpc) is 3.23. The Balaban J connectivity index is 1.21. The molecule has 154 valence electrons. The molecule has 1 saturated heterocycles. The maximum Gasteiger partial charge on any atom is 0.231 e. The first-order valence-corrected chi connectivity index (χ1v) is 10.0. The summed E-state index contributed by atoms with van der Waals surface area (Å²) >= 11 is 0. The Morgan fingerprint density at radius 3 is 2.34 bits per heavy atom. The van der Waals surface area contributed by atoms with Crippen LogP contribution in [0.4, 0.5) is 0 Å². The molecule has 0 radical (unpaired) electrons. The monoisotopic (exact) mass is 399 g/mol. The topological polar surface area (TPSA) is 80.6 Å². The van der Waals surface area contributed by atoms with E-state index in [1.54, 1.807) is 0 Å². The number of ether oxygens (including phenoxy) is 4. The Labute approximate surface area is 169 Å². The fourth-order valence-corrected chi connectivity index (χ4v) is 4.20. The van der Waals surface area contributed by atoms with Crippen molar-refractivity contribution >= 4 is 0 Å². The second-order valence-corrected chi connectivity index (χ2v) is 7.82. The van der Waals surface area contributed by atoms with Crippen molar-refractivity contribution in [2.75, 3.05) is 39.6 Å². The summed E-state index contributed by atoms with van der Waals surface area (Å²) < 4.78 is 21.9. The molecule has 3 heterocycles. The van der Waals surface area contributed by atoms with E-state index >= 15 is 0 Å². The van der Waals surface area contributed by atoms with Crippen LogP contribution in [0.1, 0.15) is 30.1 Å². The van der Waals surface area contributed by atoms with E-state index in [-0.39, 0.29) is 6.79 Å². The largest absolute Gasteiger partial charge is 0.486 e. The number of nitrogens with zero attached hydrogens (tertiary/aromatic N) is 1. The molecule has 3 aliphatic rings. The van der Waals surface area contributed by atoms with E-state index in [9.17, 15) is 10.2 Å². The molecule has 0 amide bonds. The molecule has 2 aromatic carbocycles. The summed E-state index contributed by atoms with van der Waals surface area (Å²) in [5.74, 6) is 2.81. The van der Waals surface area contributed by atoms with Gasteiger partial charge in [-0.3, -0.25) is 0 Å². The predicted octanol–water partition coefficient (Wildman–Crippen LogP) is 2.20. The molecule has 7 heteroatoms. The van der Waals surface area contributed by atoms with Gasteiger partial charge in [-0.25, -0.2) is 0 Å². The number of piperidine rings is 1. The molecular weight excluding hydrogens is 374 g/mol. The third kappa shape index (κ3) is 3.61. The third-order valence-electron chi connectivity index (χ3n) is 5.98. The highest BCUT2D eigenvalue weighted by atomic mass is 16.7. The fraction of sp³-hybridized carbons (Fsp3) is 0.455. The molecule has 3 aliphatic heterocycles. The van der Waals surface area contributed by atoms with Gasteiger partial charge in [-0.05, 0) is 48.2 Å². The summed E-state index contributed by atoms with van der Waals surface area (Å²) in [6.45, 7) is 3.21. The lowest BCUT2D eigenvalue weighted by Gasteiger charge is -2.39. The molecular formula is C22H25NO6. The lowest BCUT2D eigenvalue weighted by molar-refractivity contribution is -0.0345.